The maximum atomic E-state index is 12.7. The van der Waals surface area contributed by atoms with Crippen molar-refractivity contribution in [1.82, 2.24) is 14.0 Å². The molecule has 7 nitrogen and oxygen atoms in total. The van der Waals surface area contributed by atoms with Crippen molar-refractivity contribution in [3.8, 4) is 6.07 Å². The molecule has 3 heterocycles. The third-order valence-corrected chi connectivity index (χ3v) is 5.22. The number of piperidine rings is 1. The summed E-state index contributed by atoms with van der Waals surface area (Å²) in [5, 5.41) is 9.29. The van der Waals surface area contributed by atoms with Gasteiger partial charge in [0, 0.05) is 24.3 Å². The van der Waals surface area contributed by atoms with Crippen LogP contribution < -0.4 is 11.2 Å². The van der Waals surface area contributed by atoms with Gasteiger partial charge in [0.2, 0.25) is 5.91 Å². The van der Waals surface area contributed by atoms with Crippen molar-refractivity contribution in [2.45, 2.75) is 71.1 Å². The highest BCUT2D eigenvalue weighted by molar-refractivity contribution is 5.76. The van der Waals surface area contributed by atoms with Gasteiger partial charge in [0.15, 0.2) is 0 Å². The van der Waals surface area contributed by atoms with E-state index in [4.69, 9.17) is 0 Å². The molecule has 2 aliphatic rings. The summed E-state index contributed by atoms with van der Waals surface area (Å²) in [6, 6.07) is 2.12. The largest absolute Gasteiger partial charge is 0.336 e. The zero-order valence-corrected chi connectivity index (χ0v) is 14.1. The normalized spacial score (nSPS) is 23.0. The molecule has 1 saturated heterocycles. The number of amides is 1. The van der Waals surface area contributed by atoms with E-state index in [0.29, 0.717) is 18.7 Å². The van der Waals surface area contributed by atoms with Crippen molar-refractivity contribution < 1.29 is 4.79 Å². The zero-order valence-electron chi connectivity index (χ0n) is 14.1. The van der Waals surface area contributed by atoms with E-state index in [0.717, 1.165) is 30.3 Å². The fraction of sp³-hybridized carbons (Fsp3) is 0.647. The summed E-state index contributed by atoms with van der Waals surface area (Å²) < 4.78 is 2.40. The van der Waals surface area contributed by atoms with Gasteiger partial charge in [0.25, 0.3) is 5.56 Å². The predicted octanol–water partition coefficient (Wildman–Crippen LogP) is 0.617. The van der Waals surface area contributed by atoms with Crippen LogP contribution in [0.2, 0.25) is 0 Å². The molecule has 2 atom stereocenters. The number of fused-ring (bicyclic) bond motifs is 1. The molecule has 24 heavy (non-hydrogen) atoms. The standard InChI is InChI=1S/C17H22N4O3/c1-11-5-3-6-12(2)21(11)15(22)10-20-16(23)13(9-18)14-7-4-8-19(14)17(20)24/h11-12H,3-8,10H2,1-2H3/t11-,12-/m0/s1. The Kier molecular flexibility index (Phi) is 4.31. The summed E-state index contributed by atoms with van der Waals surface area (Å²) in [7, 11) is 0. The Labute approximate surface area is 140 Å². The second-order valence-corrected chi connectivity index (χ2v) is 6.79. The Balaban J connectivity index is 1.99. The van der Waals surface area contributed by atoms with Gasteiger partial charge in [0.05, 0.1) is 0 Å². The number of carbonyl (C=O) groups excluding carboxylic acids is 1. The molecule has 1 fully saturated rings. The molecule has 3 rings (SSSR count). The lowest BCUT2D eigenvalue weighted by molar-refractivity contribution is -0.138. The first-order valence-electron chi connectivity index (χ1n) is 8.53. The summed E-state index contributed by atoms with van der Waals surface area (Å²) >= 11 is 0. The van der Waals surface area contributed by atoms with Crippen molar-refractivity contribution in [2.24, 2.45) is 0 Å². The average molecular weight is 330 g/mol. The van der Waals surface area contributed by atoms with Gasteiger partial charge in [-0.3, -0.25) is 14.2 Å². The molecule has 0 saturated carbocycles. The van der Waals surface area contributed by atoms with E-state index in [9.17, 15) is 19.6 Å². The van der Waals surface area contributed by atoms with Crippen LogP contribution in [0.3, 0.4) is 0 Å². The second kappa shape index (κ2) is 6.27. The van der Waals surface area contributed by atoms with E-state index in [-0.39, 0.29) is 30.1 Å². The topological polar surface area (TPSA) is 88.1 Å². The first kappa shape index (κ1) is 16.5. The van der Waals surface area contributed by atoms with Crippen LogP contribution in [-0.2, 0) is 24.3 Å². The number of nitriles is 1. The van der Waals surface area contributed by atoms with Gasteiger partial charge < -0.3 is 4.90 Å². The molecule has 0 aliphatic carbocycles. The molecular formula is C17H22N4O3. The number of carbonyl (C=O) groups is 1. The predicted molar refractivity (Wildman–Crippen MR) is 87.6 cm³/mol. The van der Waals surface area contributed by atoms with Crippen LogP contribution in [0.1, 0.15) is 50.8 Å². The summed E-state index contributed by atoms with van der Waals surface area (Å²) in [6.45, 7) is 4.19. The van der Waals surface area contributed by atoms with Gasteiger partial charge >= 0.3 is 5.69 Å². The highest BCUT2D eigenvalue weighted by atomic mass is 16.2. The monoisotopic (exact) mass is 330 g/mol. The van der Waals surface area contributed by atoms with Gasteiger partial charge in [-0.1, -0.05) is 0 Å². The number of rotatable bonds is 2. The Morgan fingerprint density at radius 1 is 1.21 bits per heavy atom. The molecule has 0 spiro atoms. The summed E-state index contributed by atoms with van der Waals surface area (Å²) in [5.74, 6) is -0.226. The molecule has 7 heteroatoms. The summed E-state index contributed by atoms with van der Waals surface area (Å²) in [4.78, 5) is 39.6. The van der Waals surface area contributed by atoms with Gasteiger partial charge in [-0.2, -0.15) is 5.26 Å². The van der Waals surface area contributed by atoms with Crippen molar-refractivity contribution in [3.05, 3.63) is 32.1 Å². The number of hydrogen-bond donors (Lipinski definition) is 0. The average Bonchev–Trinajstić information content (AvgIpc) is 3.01. The minimum atomic E-state index is -0.638. The third kappa shape index (κ3) is 2.56. The third-order valence-electron chi connectivity index (χ3n) is 5.22. The second-order valence-electron chi connectivity index (χ2n) is 6.79. The van der Waals surface area contributed by atoms with Crippen LogP contribution >= 0.6 is 0 Å². The molecule has 0 bridgehead atoms. The quantitative estimate of drug-likeness (QED) is 0.795. The van der Waals surface area contributed by atoms with Crippen molar-refractivity contribution in [3.63, 3.8) is 0 Å². The lowest BCUT2D eigenvalue weighted by Gasteiger charge is -2.39. The van der Waals surface area contributed by atoms with E-state index in [1.165, 1.54) is 4.57 Å². The minimum absolute atomic E-state index is 0.000332. The van der Waals surface area contributed by atoms with Gasteiger partial charge in [0.1, 0.15) is 18.2 Å². The van der Waals surface area contributed by atoms with Crippen molar-refractivity contribution in [2.75, 3.05) is 0 Å². The van der Waals surface area contributed by atoms with E-state index < -0.39 is 11.2 Å². The summed E-state index contributed by atoms with van der Waals surface area (Å²) in [5.41, 5.74) is -0.603. The fourth-order valence-corrected chi connectivity index (χ4v) is 4.02. The lowest BCUT2D eigenvalue weighted by atomic mass is 9.97. The van der Waals surface area contributed by atoms with Gasteiger partial charge in [-0.05, 0) is 46.0 Å². The molecule has 1 aromatic rings. The van der Waals surface area contributed by atoms with Crippen LogP contribution in [0.15, 0.2) is 9.59 Å². The smallest absolute Gasteiger partial charge is 0.331 e. The van der Waals surface area contributed by atoms with Crippen LogP contribution in [-0.4, -0.2) is 32.0 Å². The Bertz CT molecular complexity index is 820. The lowest BCUT2D eigenvalue weighted by Crippen LogP contribution is -2.51. The van der Waals surface area contributed by atoms with Crippen LogP contribution in [0.4, 0.5) is 0 Å². The van der Waals surface area contributed by atoms with Crippen LogP contribution in [0, 0.1) is 11.3 Å². The van der Waals surface area contributed by atoms with E-state index in [2.05, 4.69) is 0 Å². The first-order valence-corrected chi connectivity index (χ1v) is 8.53. The maximum Gasteiger partial charge on any atom is 0.331 e. The molecule has 0 unspecified atom stereocenters. The SMILES string of the molecule is C[C@H]1CCC[C@H](C)N1C(=O)Cn1c(=O)c(C#N)c2n(c1=O)CCC2. The first-order chi connectivity index (χ1) is 11.5. The molecular weight excluding hydrogens is 308 g/mol. The van der Waals surface area contributed by atoms with E-state index in [1.807, 2.05) is 19.9 Å². The molecule has 0 N–H and O–H groups in total. The Hall–Kier alpha value is -2.36. The highest BCUT2D eigenvalue weighted by Crippen LogP contribution is 2.22. The summed E-state index contributed by atoms with van der Waals surface area (Å²) in [6.07, 6.45) is 4.23. The number of aromatic nitrogens is 2. The Morgan fingerprint density at radius 2 is 1.88 bits per heavy atom. The van der Waals surface area contributed by atoms with E-state index >= 15 is 0 Å². The maximum absolute atomic E-state index is 12.7. The van der Waals surface area contributed by atoms with Crippen molar-refractivity contribution in [1.29, 1.82) is 5.26 Å². The molecule has 0 aromatic carbocycles. The van der Waals surface area contributed by atoms with E-state index in [1.54, 1.807) is 4.90 Å². The molecule has 2 aliphatic heterocycles. The molecule has 0 radical (unpaired) electrons. The van der Waals surface area contributed by atoms with Crippen molar-refractivity contribution >= 4 is 5.91 Å². The van der Waals surface area contributed by atoms with Crippen LogP contribution in [0.5, 0.6) is 0 Å². The molecule has 1 amide bonds. The highest BCUT2D eigenvalue weighted by Gasteiger charge is 2.30. The number of nitrogens with zero attached hydrogens (tertiary/aromatic N) is 4. The fourth-order valence-electron chi connectivity index (χ4n) is 4.02. The zero-order chi connectivity index (χ0) is 17.4. The number of hydrogen-bond acceptors (Lipinski definition) is 4. The minimum Gasteiger partial charge on any atom is -0.336 e. The number of likely N-dealkylation sites (tertiary alicyclic amines) is 1. The van der Waals surface area contributed by atoms with Crippen LogP contribution in [0.25, 0.3) is 0 Å². The van der Waals surface area contributed by atoms with Gasteiger partial charge in [-0.25, -0.2) is 9.36 Å². The Morgan fingerprint density at radius 3 is 2.50 bits per heavy atom. The molecule has 128 valence electrons. The molecule has 1 aromatic heterocycles. The van der Waals surface area contributed by atoms with Gasteiger partial charge in [-0.15, -0.1) is 0 Å².